The van der Waals surface area contributed by atoms with Crippen molar-refractivity contribution in [3.63, 3.8) is 0 Å². The van der Waals surface area contributed by atoms with Crippen LogP contribution in [0.1, 0.15) is 17.0 Å². The summed E-state index contributed by atoms with van der Waals surface area (Å²) in [4.78, 5) is 12.3. The molecule has 0 spiro atoms. The van der Waals surface area contributed by atoms with Gasteiger partial charge in [0, 0.05) is 23.9 Å². The van der Waals surface area contributed by atoms with Gasteiger partial charge in [0.05, 0.1) is 17.1 Å². The minimum atomic E-state index is -0.143. The van der Waals surface area contributed by atoms with Gasteiger partial charge in [-0.3, -0.25) is 9.48 Å². The maximum atomic E-state index is 12.3. The summed E-state index contributed by atoms with van der Waals surface area (Å²) in [6.07, 6.45) is 0.256. The van der Waals surface area contributed by atoms with Gasteiger partial charge >= 0.3 is 0 Å². The zero-order chi connectivity index (χ0) is 17.3. The molecule has 124 valence electrons. The Hall–Kier alpha value is -2.25. The molecule has 1 aromatic carbocycles. The van der Waals surface area contributed by atoms with E-state index in [0.717, 1.165) is 22.5 Å². The fourth-order valence-electron chi connectivity index (χ4n) is 2.41. The number of hydrogen-bond donors (Lipinski definition) is 1. The third kappa shape index (κ3) is 3.32. The molecule has 8 heteroatoms. The van der Waals surface area contributed by atoms with E-state index in [0.29, 0.717) is 15.2 Å². The van der Waals surface area contributed by atoms with Crippen molar-refractivity contribution >= 4 is 34.0 Å². The van der Waals surface area contributed by atoms with Crippen LogP contribution in [0.25, 0.3) is 10.6 Å². The van der Waals surface area contributed by atoms with Crippen molar-refractivity contribution in [3.8, 4) is 10.6 Å². The Labute approximate surface area is 148 Å². The third-order valence-corrected chi connectivity index (χ3v) is 4.97. The first-order chi connectivity index (χ1) is 11.5. The van der Waals surface area contributed by atoms with Crippen LogP contribution >= 0.6 is 22.9 Å². The molecule has 3 rings (SSSR count). The highest BCUT2D eigenvalue weighted by atomic mass is 35.5. The summed E-state index contributed by atoms with van der Waals surface area (Å²) in [5.74, 6) is -0.143. The van der Waals surface area contributed by atoms with Crippen molar-refractivity contribution in [3.05, 3.63) is 46.2 Å². The molecule has 3 aromatic rings. The summed E-state index contributed by atoms with van der Waals surface area (Å²) < 4.78 is 1.78. The maximum Gasteiger partial charge on any atom is 0.230 e. The number of carbonyl (C=O) groups is 1. The van der Waals surface area contributed by atoms with Crippen molar-refractivity contribution in [2.24, 2.45) is 7.05 Å². The van der Waals surface area contributed by atoms with Crippen molar-refractivity contribution < 1.29 is 4.79 Å². The summed E-state index contributed by atoms with van der Waals surface area (Å²) >= 11 is 7.45. The first kappa shape index (κ1) is 16.6. The van der Waals surface area contributed by atoms with Crippen LogP contribution in [0.5, 0.6) is 0 Å². The van der Waals surface area contributed by atoms with Crippen molar-refractivity contribution in [1.82, 2.24) is 20.0 Å². The standard InChI is InChI=1S/C16H16ClN5OS/c1-9-12(10(2)22(3)21-9)8-14(23)18-16-20-19-15(24-16)11-6-4-5-7-13(11)17/h4-7H,8H2,1-3H3,(H,18,20,23). The Balaban J connectivity index is 1.73. The lowest BCUT2D eigenvalue weighted by Gasteiger charge is -2.02. The summed E-state index contributed by atoms with van der Waals surface area (Å²) in [5.41, 5.74) is 3.58. The number of benzene rings is 1. The van der Waals surface area contributed by atoms with Gasteiger partial charge in [-0.2, -0.15) is 5.10 Å². The fourth-order valence-corrected chi connectivity index (χ4v) is 3.50. The minimum Gasteiger partial charge on any atom is -0.300 e. The molecule has 2 heterocycles. The SMILES string of the molecule is Cc1nn(C)c(C)c1CC(=O)Nc1nnc(-c2ccccc2Cl)s1. The largest absolute Gasteiger partial charge is 0.300 e. The second-order valence-corrected chi connectivity index (χ2v) is 6.77. The predicted octanol–water partition coefficient (Wildman–Crippen LogP) is 3.39. The zero-order valence-corrected chi connectivity index (χ0v) is 15.1. The van der Waals surface area contributed by atoms with E-state index in [1.165, 1.54) is 11.3 Å². The normalized spacial score (nSPS) is 10.8. The van der Waals surface area contributed by atoms with Crippen LogP contribution in [-0.4, -0.2) is 25.9 Å². The third-order valence-electron chi connectivity index (χ3n) is 3.77. The number of nitrogens with one attached hydrogen (secondary N) is 1. The number of carbonyl (C=O) groups excluding carboxylic acids is 1. The van der Waals surface area contributed by atoms with Crippen LogP contribution in [0.15, 0.2) is 24.3 Å². The molecule has 6 nitrogen and oxygen atoms in total. The summed E-state index contributed by atoms with van der Waals surface area (Å²) in [6, 6.07) is 7.41. The molecule has 0 unspecified atom stereocenters. The van der Waals surface area contributed by atoms with Crippen LogP contribution < -0.4 is 5.32 Å². The van der Waals surface area contributed by atoms with Gasteiger partial charge in [-0.15, -0.1) is 10.2 Å². The van der Waals surface area contributed by atoms with E-state index in [2.05, 4.69) is 20.6 Å². The lowest BCUT2D eigenvalue weighted by atomic mass is 10.1. The first-order valence-electron chi connectivity index (χ1n) is 7.33. The number of anilines is 1. The Kier molecular flexibility index (Phi) is 4.64. The summed E-state index contributed by atoms with van der Waals surface area (Å²) in [7, 11) is 1.87. The second-order valence-electron chi connectivity index (χ2n) is 5.39. The number of nitrogens with zero attached hydrogens (tertiary/aromatic N) is 4. The molecular weight excluding hydrogens is 346 g/mol. The van der Waals surface area contributed by atoms with E-state index < -0.39 is 0 Å². The number of aromatic nitrogens is 4. The van der Waals surface area contributed by atoms with Gasteiger partial charge < -0.3 is 5.32 Å². The highest BCUT2D eigenvalue weighted by molar-refractivity contribution is 7.18. The fraction of sp³-hybridized carbons (Fsp3) is 0.250. The van der Waals surface area contributed by atoms with Crippen LogP contribution in [0.3, 0.4) is 0 Å². The monoisotopic (exact) mass is 361 g/mol. The number of amides is 1. The van der Waals surface area contributed by atoms with Crippen LogP contribution in [-0.2, 0) is 18.3 Å². The van der Waals surface area contributed by atoms with Gasteiger partial charge in [0.2, 0.25) is 11.0 Å². The molecule has 0 bridgehead atoms. The lowest BCUT2D eigenvalue weighted by Crippen LogP contribution is -2.15. The molecular formula is C16H16ClN5OS. The average molecular weight is 362 g/mol. The molecule has 0 aliphatic carbocycles. The van der Waals surface area contributed by atoms with E-state index in [-0.39, 0.29) is 12.3 Å². The second kappa shape index (κ2) is 6.70. The van der Waals surface area contributed by atoms with Gasteiger partial charge in [0.1, 0.15) is 0 Å². The highest BCUT2D eigenvalue weighted by Gasteiger charge is 2.16. The predicted molar refractivity (Wildman–Crippen MR) is 95.4 cm³/mol. The van der Waals surface area contributed by atoms with Gasteiger partial charge in [-0.25, -0.2) is 0 Å². The molecule has 0 radical (unpaired) electrons. The molecule has 0 aliphatic heterocycles. The maximum absolute atomic E-state index is 12.3. The quantitative estimate of drug-likeness (QED) is 0.773. The number of rotatable bonds is 4. The number of aryl methyl sites for hydroxylation is 2. The van der Waals surface area contributed by atoms with Gasteiger partial charge in [0.25, 0.3) is 0 Å². The van der Waals surface area contributed by atoms with Crippen LogP contribution in [0.4, 0.5) is 5.13 Å². The molecule has 1 amide bonds. The Bertz CT molecular complexity index is 902. The van der Waals surface area contributed by atoms with E-state index in [1.54, 1.807) is 10.7 Å². The highest BCUT2D eigenvalue weighted by Crippen LogP contribution is 2.31. The van der Waals surface area contributed by atoms with Crippen LogP contribution in [0, 0.1) is 13.8 Å². The molecule has 0 aliphatic rings. The van der Waals surface area contributed by atoms with Crippen molar-refractivity contribution in [2.75, 3.05) is 5.32 Å². The Morgan fingerprint density at radius 3 is 2.71 bits per heavy atom. The van der Waals surface area contributed by atoms with Gasteiger partial charge in [0.15, 0.2) is 5.01 Å². The molecule has 1 N–H and O–H groups in total. The lowest BCUT2D eigenvalue weighted by molar-refractivity contribution is -0.115. The van der Waals surface area contributed by atoms with Crippen LogP contribution in [0.2, 0.25) is 5.02 Å². The molecule has 0 saturated carbocycles. The number of halogens is 1. The number of hydrogen-bond acceptors (Lipinski definition) is 5. The van der Waals surface area contributed by atoms with E-state index in [4.69, 9.17) is 11.6 Å². The topological polar surface area (TPSA) is 72.7 Å². The van der Waals surface area contributed by atoms with Gasteiger partial charge in [-0.05, 0) is 19.9 Å². The average Bonchev–Trinajstić information content (AvgIpc) is 3.08. The Morgan fingerprint density at radius 2 is 2.04 bits per heavy atom. The van der Waals surface area contributed by atoms with E-state index >= 15 is 0 Å². The minimum absolute atomic E-state index is 0.143. The van der Waals surface area contributed by atoms with Crippen molar-refractivity contribution in [2.45, 2.75) is 20.3 Å². The van der Waals surface area contributed by atoms with Crippen molar-refractivity contribution in [1.29, 1.82) is 0 Å². The van der Waals surface area contributed by atoms with E-state index in [1.807, 2.05) is 39.1 Å². The summed E-state index contributed by atoms with van der Waals surface area (Å²) in [5, 5.41) is 17.0. The molecule has 0 fully saturated rings. The first-order valence-corrected chi connectivity index (χ1v) is 8.52. The zero-order valence-electron chi connectivity index (χ0n) is 13.5. The van der Waals surface area contributed by atoms with E-state index in [9.17, 15) is 4.79 Å². The molecule has 0 atom stereocenters. The Morgan fingerprint density at radius 1 is 1.29 bits per heavy atom. The molecule has 24 heavy (non-hydrogen) atoms. The molecule has 0 saturated heterocycles. The molecule has 2 aromatic heterocycles. The smallest absolute Gasteiger partial charge is 0.230 e. The summed E-state index contributed by atoms with van der Waals surface area (Å²) in [6.45, 7) is 3.85. The van der Waals surface area contributed by atoms with Gasteiger partial charge in [-0.1, -0.05) is 41.1 Å².